The molecule has 0 aromatic heterocycles. The van der Waals surface area contributed by atoms with E-state index in [0.717, 1.165) is 64.2 Å². The van der Waals surface area contributed by atoms with Crippen LogP contribution in [0.15, 0.2) is 72.9 Å². The van der Waals surface area contributed by atoms with Gasteiger partial charge in [0.05, 0.1) is 13.2 Å². The molecule has 0 saturated carbocycles. The van der Waals surface area contributed by atoms with Gasteiger partial charge in [-0.05, 0) is 77.0 Å². The lowest BCUT2D eigenvalue weighted by Crippen LogP contribution is -2.59. The van der Waals surface area contributed by atoms with Crippen LogP contribution in [0.5, 0.6) is 0 Å². The topological polar surface area (TPSA) is 152 Å². The Bertz CT molecular complexity index is 1160. The van der Waals surface area contributed by atoms with Gasteiger partial charge in [-0.3, -0.25) is 9.59 Å². The van der Waals surface area contributed by atoms with Crippen molar-refractivity contribution < 1.29 is 49.0 Å². The van der Waals surface area contributed by atoms with E-state index in [4.69, 9.17) is 18.9 Å². The molecule has 2 unspecified atom stereocenters. The second kappa shape index (κ2) is 37.4. The molecule has 0 bridgehead atoms. The molecule has 10 heteroatoms. The first kappa shape index (κ1) is 52.2. The zero-order valence-electron chi connectivity index (χ0n) is 35.3. The van der Waals surface area contributed by atoms with Crippen LogP contribution in [-0.2, 0) is 28.5 Å². The van der Waals surface area contributed by atoms with Crippen molar-refractivity contribution in [3.05, 3.63) is 72.9 Å². The van der Waals surface area contributed by atoms with Crippen molar-refractivity contribution in [3.8, 4) is 0 Å². The number of aliphatic hydroxyl groups excluding tert-OH is 4. The minimum absolute atomic E-state index is 0.147. The zero-order chi connectivity index (χ0) is 41.6. The van der Waals surface area contributed by atoms with E-state index in [9.17, 15) is 30.0 Å². The first-order chi connectivity index (χ1) is 27.8. The number of rotatable bonds is 35. The van der Waals surface area contributed by atoms with Crippen molar-refractivity contribution in [3.63, 3.8) is 0 Å². The predicted molar refractivity (Wildman–Crippen MR) is 228 cm³/mol. The van der Waals surface area contributed by atoms with Crippen molar-refractivity contribution in [1.29, 1.82) is 0 Å². The number of aliphatic hydroxyl groups is 4. The highest BCUT2D eigenvalue weighted by Gasteiger charge is 2.44. The van der Waals surface area contributed by atoms with Crippen LogP contribution in [0.3, 0.4) is 0 Å². The van der Waals surface area contributed by atoms with E-state index in [2.05, 4.69) is 80.7 Å². The van der Waals surface area contributed by atoms with Gasteiger partial charge in [-0.1, -0.05) is 138 Å². The third-order valence-electron chi connectivity index (χ3n) is 9.59. The van der Waals surface area contributed by atoms with Crippen LogP contribution < -0.4 is 0 Å². The maximum Gasteiger partial charge on any atom is 0.306 e. The largest absolute Gasteiger partial charge is 0.462 e. The molecule has 0 aromatic rings. The molecule has 0 aromatic carbocycles. The van der Waals surface area contributed by atoms with Crippen molar-refractivity contribution >= 4 is 11.9 Å². The van der Waals surface area contributed by atoms with Gasteiger partial charge in [0.25, 0.3) is 0 Å². The van der Waals surface area contributed by atoms with Crippen LogP contribution in [0.25, 0.3) is 0 Å². The molecule has 0 amide bonds. The lowest BCUT2D eigenvalue weighted by atomic mass is 9.99. The molecule has 4 N–H and O–H groups in total. The van der Waals surface area contributed by atoms with Crippen molar-refractivity contribution in [2.75, 3.05) is 19.8 Å². The van der Waals surface area contributed by atoms with Gasteiger partial charge in [-0.15, -0.1) is 0 Å². The van der Waals surface area contributed by atoms with E-state index in [1.807, 2.05) is 6.08 Å². The Morgan fingerprint density at radius 2 is 1.05 bits per heavy atom. The molecule has 6 atom stereocenters. The molecular weight excluding hydrogens is 725 g/mol. The van der Waals surface area contributed by atoms with E-state index in [1.165, 1.54) is 44.9 Å². The minimum atomic E-state index is -1.61. The molecule has 326 valence electrons. The summed E-state index contributed by atoms with van der Waals surface area (Å²) in [5.74, 6) is -0.897. The SMILES string of the molecule is CCCCC/C=C/C/C=C/C/C=C/C/C=C/CCCC(=O)O[C@H](COC(=O)CCCCCCC/C=C/C=C/CCCCCC)CO[C@@H]1O[C@H](CO)[C@H](O)C(O)C1O. The van der Waals surface area contributed by atoms with Gasteiger partial charge < -0.3 is 39.4 Å². The van der Waals surface area contributed by atoms with Gasteiger partial charge in [0.2, 0.25) is 0 Å². The highest BCUT2D eigenvalue weighted by atomic mass is 16.7. The van der Waals surface area contributed by atoms with Gasteiger partial charge >= 0.3 is 11.9 Å². The van der Waals surface area contributed by atoms with Gasteiger partial charge in [0.15, 0.2) is 12.4 Å². The summed E-state index contributed by atoms with van der Waals surface area (Å²) in [5.41, 5.74) is 0. The van der Waals surface area contributed by atoms with Gasteiger partial charge in [0.1, 0.15) is 31.0 Å². The van der Waals surface area contributed by atoms with E-state index in [1.54, 1.807) is 0 Å². The molecule has 1 saturated heterocycles. The number of esters is 2. The molecule has 1 aliphatic rings. The summed E-state index contributed by atoms with van der Waals surface area (Å²) in [5, 5.41) is 40.0. The number of allylic oxidation sites excluding steroid dienone is 12. The number of hydrogen-bond acceptors (Lipinski definition) is 10. The number of ether oxygens (including phenoxy) is 4. The van der Waals surface area contributed by atoms with Crippen LogP contribution >= 0.6 is 0 Å². The van der Waals surface area contributed by atoms with E-state index in [-0.39, 0.29) is 26.1 Å². The second-order valence-corrected chi connectivity index (χ2v) is 14.8. The van der Waals surface area contributed by atoms with Crippen LogP contribution in [0.1, 0.15) is 155 Å². The summed E-state index contributed by atoms with van der Waals surface area (Å²) in [6.45, 7) is 3.28. The number of carbonyl (C=O) groups excluding carboxylic acids is 2. The maximum atomic E-state index is 12.7. The molecule has 0 spiro atoms. The molecule has 1 fully saturated rings. The van der Waals surface area contributed by atoms with Crippen molar-refractivity contribution in [2.45, 2.75) is 192 Å². The fraction of sp³-hybridized carbons (Fsp3) is 0.702. The molecule has 10 nitrogen and oxygen atoms in total. The molecule has 0 radical (unpaired) electrons. The second-order valence-electron chi connectivity index (χ2n) is 14.8. The number of carbonyl (C=O) groups is 2. The summed E-state index contributed by atoms with van der Waals surface area (Å²) in [4.78, 5) is 25.3. The highest BCUT2D eigenvalue weighted by Crippen LogP contribution is 2.22. The molecule has 57 heavy (non-hydrogen) atoms. The zero-order valence-corrected chi connectivity index (χ0v) is 35.3. The first-order valence-corrected chi connectivity index (χ1v) is 22.0. The summed E-state index contributed by atoms with van der Waals surface area (Å²) < 4.78 is 22.1. The Labute approximate surface area is 344 Å². The lowest BCUT2D eigenvalue weighted by molar-refractivity contribution is -0.305. The van der Waals surface area contributed by atoms with Gasteiger partial charge in [-0.25, -0.2) is 0 Å². The Morgan fingerprint density at radius 1 is 0.561 bits per heavy atom. The van der Waals surface area contributed by atoms with Crippen LogP contribution in [0, 0.1) is 0 Å². The first-order valence-electron chi connectivity index (χ1n) is 22.0. The standard InChI is InChI=1S/C47H78O10/c1-3-5-7-9-11-13-15-17-19-20-22-24-26-28-30-32-34-36-43(50)56-40(39-55-47-46(53)45(52)44(51)41(37-48)57-47)38-54-42(49)35-33-31-29-27-25-23-21-18-16-14-12-10-8-6-4-2/h11,13-14,16-19,21-22,24,28,30,40-41,44-48,51-53H,3-10,12,15,20,23,25-27,29,31-39H2,1-2H3/b13-11+,16-14+,19-17+,21-18+,24-22+,30-28+/t40-,41-,44+,45?,46?,47-/m1/s1. The van der Waals surface area contributed by atoms with Crippen molar-refractivity contribution in [1.82, 2.24) is 0 Å². The summed E-state index contributed by atoms with van der Waals surface area (Å²) in [6, 6.07) is 0. The number of unbranched alkanes of at least 4 members (excludes halogenated alkanes) is 13. The molecular formula is C47H78O10. The normalized spacial score (nSPS) is 21.0. The van der Waals surface area contributed by atoms with Gasteiger partial charge in [0, 0.05) is 12.8 Å². The number of hydrogen-bond donors (Lipinski definition) is 4. The molecule has 1 aliphatic heterocycles. The van der Waals surface area contributed by atoms with E-state index < -0.39 is 55.4 Å². The monoisotopic (exact) mass is 803 g/mol. The fourth-order valence-corrected chi connectivity index (χ4v) is 6.05. The lowest BCUT2D eigenvalue weighted by Gasteiger charge is -2.39. The Kier molecular flexibility index (Phi) is 34.2. The Morgan fingerprint density at radius 3 is 1.67 bits per heavy atom. The minimum Gasteiger partial charge on any atom is -0.462 e. The predicted octanol–water partition coefficient (Wildman–Crippen LogP) is 9.22. The van der Waals surface area contributed by atoms with Crippen molar-refractivity contribution in [2.24, 2.45) is 0 Å². The van der Waals surface area contributed by atoms with Gasteiger partial charge in [-0.2, -0.15) is 0 Å². The Hall–Kier alpha value is -2.86. The quantitative estimate of drug-likeness (QED) is 0.0211. The Balaban J connectivity index is 2.41. The molecule has 1 heterocycles. The summed E-state index contributed by atoms with van der Waals surface area (Å²) >= 11 is 0. The van der Waals surface area contributed by atoms with Crippen LogP contribution in [0.4, 0.5) is 0 Å². The smallest absolute Gasteiger partial charge is 0.306 e. The molecule has 1 rings (SSSR count). The maximum absolute atomic E-state index is 12.7. The van der Waals surface area contributed by atoms with Crippen LogP contribution in [-0.4, -0.2) is 89.0 Å². The summed E-state index contributed by atoms with van der Waals surface area (Å²) in [7, 11) is 0. The average Bonchev–Trinajstić information content (AvgIpc) is 3.21. The average molecular weight is 803 g/mol. The summed E-state index contributed by atoms with van der Waals surface area (Å²) in [6.07, 6.45) is 39.1. The highest BCUT2D eigenvalue weighted by molar-refractivity contribution is 5.70. The van der Waals surface area contributed by atoms with Crippen LogP contribution in [0.2, 0.25) is 0 Å². The third kappa shape index (κ3) is 29.1. The van der Waals surface area contributed by atoms with E-state index in [0.29, 0.717) is 19.3 Å². The molecule has 0 aliphatic carbocycles. The fourth-order valence-electron chi connectivity index (χ4n) is 6.05. The van der Waals surface area contributed by atoms with E-state index >= 15 is 0 Å². The third-order valence-corrected chi connectivity index (χ3v) is 9.59.